The fourth-order valence-corrected chi connectivity index (χ4v) is 2.57. The fraction of sp³-hybridized carbons (Fsp3) is 0.136. The molecule has 3 aromatic rings. The van der Waals surface area contributed by atoms with Gasteiger partial charge in [-0.05, 0) is 35.9 Å². The van der Waals surface area contributed by atoms with Crippen molar-refractivity contribution in [3.63, 3.8) is 0 Å². The van der Waals surface area contributed by atoms with Crippen molar-refractivity contribution in [1.29, 1.82) is 0 Å². The summed E-state index contributed by atoms with van der Waals surface area (Å²) in [6.07, 6.45) is 0. The molecule has 0 heterocycles. The van der Waals surface area contributed by atoms with Crippen LogP contribution in [-0.2, 0) is 13.2 Å². The van der Waals surface area contributed by atoms with Gasteiger partial charge >= 0.3 is 0 Å². The van der Waals surface area contributed by atoms with Gasteiger partial charge in [-0.15, -0.1) is 0 Å². The lowest BCUT2D eigenvalue weighted by Gasteiger charge is -2.11. The van der Waals surface area contributed by atoms with Crippen LogP contribution in [0.25, 0.3) is 0 Å². The van der Waals surface area contributed by atoms with Gasteiger partial charge in [0, 0.05) is 17.7 Å². The van der Waals surface area contributed by atoms with E-state index in [0.29, 0.717) is 29.2 Å². The number of nitrogens with one attached hydrogen (secondary N) is 1. The summed E-state index contributed by atoms with van der Waals surface area (Å²) in [5, 5.41) is 2.72. The predicted octanol–water partition coefficient (Wildman–Crippen LogP) is 4.34. The standard InChI is InChI=1S/C22H20FNO3/c1-26-20-8-4-5-9-21(20)27-15-16-10-12-17(13-11-16)22(25)24-14-18-6-2-3-7-19(18)23/h2-13H,14-15H2,1H3,(H,24,25). The summed E-state index contributed by atoms with van der Waals surface area (Å²) in [6.45, 7) is 0.502. The number of halogens is 1. The molecule has 1 amide bonds. The van der Waals surface area contributed by atoms with E-state index in [0.717, 1.165) is 5.56 Å². The molecule has 1 N–H and O–H groups in total. The zero-order chi connectivity index (χ0) is 19.1. The summed E-state index contributed by atoms with van der Waals surface area (Å²) in [7, 11) is 1.59. The van der Waals surface area contributed by atoms with Crippen LogP contribution in [0, 0.1) is 5.82 Å². The molecule has 4 nitrogen and oxygen atoms in total. The minimum Gasteiger partial charge on any atom is -0.493 e. The molecule has 0 saturated heterocycles. The molecule has 0 aromatic heterocycles. The topological polar surface area (TPSA) is 47.6 Å². The third kappa shape index (κ3) is 4.85. The number of ether oxygens (including phenoxy) is 2. The van der Waals surface area contributed by atoms with E-state index in [4.69, 9.17) is 9.47 Å². The summed E-state index contributed by atoms with van der Waals surface area (Å²) in [6, 6.07) is 20.9. The third-order valence-corrected chi connectivity index (χ3v) is 4.08. The molecule has 0 aliphatic rings. The maximum atomic E-state index is 13.6. The van der Waals surface area contributed by atoms with E-state index in [1.807, 2.05) is 36.4 Å². The summed E-state index contributed by atoms with van der Waals surface area (Å²) in [4.78, 5) is 12.2. The van der Waals surface area contributed by atoms with Gasteiger partial charge in [0.1, 0.15) is 12.4 Å². The van der Waals surface area contributed by atoms with E-state index in [1.165, 1.54) is 6.07 Å². The lowest BCUT2D eigenvalue weighted by Crippen LogP contribution is -2.23. The van der Waals surface area contributed by atoms with E-state index >= 15 is 0 Å². The van der Waals surface area contributed by atoms with Crippen LogP contribution in [0.4, 0.5) is 4.39 Å². The second-order valence-electron chi connectivity index (χ2n) is 5.91. The molecule has 0 saturated carbocycles. The number of para-hydroxylation sites is 2. The molecular weight excluding hydrogens is 345 g/mol. The maximum Gasteiger partial charge on any atom is 0.251 e. The second kappa shape index (κ2) is 8.85. The van der Waals surface area contributed by atoms with Crippen LogP contribution < -0.4 is 14.8 Å². The average molecular weight is 365 g/mol. The lowest BCUT2D eigenvalue weighted by atomic mass is 10.1. The fourth-order valence-electron chi connectivity index (χ4n) is 2.57. The van der Waals surface area contributed by atoms with Gasteiger partial charge in [-0.3, -0.25) is 4.79 Å². The second-order valence-corrected chi connectivity index (χ2v) is 5.91. The van der Waals surface area contributed by atoms with Crippen LogP contribution in [0.2, 0.25) is 0 Å². The first-order valence-corrected chi connectivity index (χ1v) is 8.54. The van der Waals surface area contributed by atoms with Crippen molar-refractivity contribution in [3.8, 4) is 11.5 Å². The molecule has 0 radical (unpaired) electrons. The number of amides is 1. The molecule has 0 spiro atoms. The molecule has 0 unspecified atom stereocenters. The number of carbonyl (C=O) groups is 1. The molecule has 0 aliphatic heterocycles. The van der Waals surface area contributed by atoms with E-state index in [-0.39, 0.29) is 18.3 Å². The quantitative estimate of drug-likeness (QED) is 0.677. The van der Waals surface area contributed by atoms with E-state index in [9.17, 15) is 9.18 Å². The number of carbonyl (C=O) groups excluding carboxylic acids is 1. The van der Waals surface area contributed by atoms with Crippen molar-refractivity contribution in [2.75, 3.05) is 7.11 Å². The van der Waals surface area contributed by atoms with Gasteiger partial charge in [-0.1, -0.05) is 42.5 Å². The Kier molecular flexibility index (Phi) is 6.05. The highest BCUT2D eigenvalue weighted by molar-refractivity contribution is 5.94. The van der Waals surface area contributed by atoms with Gasteiger partial charge in [0.05, 0.1) is 7.11 Å². The number of hydrogen-bond acceptors (Lipinski definition) is 3. The molecule has 3 aromatic carbocycles. The Bertz CT molecular complexity index is 909. The third-order valence-electron chi connectivity index (χ3n) is 4.08. The van der Waals surface area contributed by atoms with Crippen LogP contribution in [0.3, 0.4) is 0 Å². The van der Waals surface area contributed by atoms with Crippen LogP contribution in [0.5, 0.6) is 11.5 Å². The van der Waals surface area contributed by atoms with Gasteiger partial charge in [0.25, 0.3) is 5.91 Å². The summed E-state index contributed by atoms with van der Waals surface area (Å²) in [5.41, 5.74) is 1.88. The normalized spacial score (nSPS) is 10.3. The Balaban J connectivity index is 1.56. The molecule has 138 valence electrons. The van der Waals surface area contributed by atoms with Gasteiger partial charge in [-0.25, -0.2) is 4.39 Å². The van der Waals surface area contributed by atoms with Crippen molar-refractivity contribution in [3.05, 3.63) is 95.3 Å². The molecule has 27 heavy (non-hydrogen) atoms. The number of benzene rings is 3. The minimum atomic E-state index is -0.332. The highest BCUT2D eigenvalue weighted by atomic mass is 19.1. The van der Waals surface area contributed by atoms with Gasteiger partial charge in [0.2, 0.25) is 0 Å². The summed E-state index contributed by atoms with van der Waals surface area (Å²) < 4.78 is 24.6. The Morgan fingerprint density at radius 2 is 1.59 bits per heavy atom. The van der Waals surface area contributed by atoms with E-state index in [2.05, 4.69) is 5.32 Å². The first-order valence-electron chi connectivity index (χ1n) is 8.54. The van der Waals surface area contributed by atoms with Crippen molar-refractivity contribution in [2.24, 2.45) is 0 Å². The highest BCUT2D eigenvalue weighted by Gasteiger charge is 2.08. The smallest absolute Gasteiger partial charge is 0.251 e. The van der Waals surface area contributed by atoms with Crippen molar-refractivity contribution < 1.29 is 18.7 Å². The first-order chi connectivity index (χ1) is 13.2. The van der Waals surface area contributed by atoms with E-state index < -0.39 is 0 Å². The largest absolute Gasteiger partial charge is 0.493 e. The van der Waals surface area contributed by atoms with Crippen LogP contribution in [0.1, 0.15) is 21.5 Å². The number of rotatable bonds is 7. The number of hydrogen-bond donors (Lipinski definition) is 1. The first kappa shape index (κ1) is 18.5. The molecule has 0 fully saturated rings. The SMILES string of the molecule is COc1ccccc1OCc1ccc(C(=O)NCc2ccccc2F)cc1. The lowest BCUT2D eigenvalue weighted by molar-refractivity contribution is 0.0950. The Morgan fingerprint density at radius 1 is 0.926 bits per heavy atom. The zero-order valence-corrected chi connectivity index (χ0v) is 14.9. The molecule has 5 heteroatoms. The Labute approximate surface area is 157 Å². The zero-order valence-electron chi connectivity index (χ0n) is 14.9. The van der Waals surface area contributed by atoms with Crippen molar-refractivity contribution in [1.82, 2.24) is 5.32 Å². The predicted molar refractivity (Wildman–Crippen MR) is 101 cm³/mol. The average Bonchev–Trinajstić information content (AvgIpc) is 2.72. The van der Waals surface area contributed by atoms with Gasteiger partial charge in [0.15, 0.2) is 11.5 Å². The summed E-state index contributed by atoms with van der Waals surface area (Å²) >= 11 is 0. The highest BCUT2D eigenvalue weighted by Crippen LogP contribution is 2.26. The van der Waals surface area contributed by atoms with Crippen LogP contribution in [0.15, 0.2) is 72.8 Å². The van der Waals surface area contributed by atoms with Crippen molar-refractivity contribution >= 4 is 5.91 Å². The molecule has 0 aliphatic carbocycles. The summed E-state index contributed by atoms with van der Waals surface area (Å²) in [5.74, 6) is 0.741. The van der Waals surface area contributed by atoms with Crippen molar-refractivity contribution in [2.45, 2.75) is 13.2 Å². The molecule has 3 rings (SSSR count). The molecular formula is C22H20FNO3. The Morgan fingerprint density at radius 3 is 2.30 bits per heavy atom. The van der Waals surface area contributed by atoms with Gasteiger partial charge in [-0.2, -0.15) is 0 Å². The Hall–Kier alpha value is -3.34. The van der Waals surface area contributed by atoms with Crippen LogP contribution in [-0.4, -0.2) is 13.0 Å². The molecule has 0 atom stereocenters. The van der Waals surface area contributed by atoms with E-state index in [1.54, 1.807) is 37.4 Å². The monoisotopic (exact) mass is 365 g/mol. The van der Waals surface area contributed by atoms with Crippen LogP contribution >= 0.6 is 0 Å². The molecule has 0 bridgehead atoms. The van der Waals surface area contributed by atoms with Gasteiger partial charge < -0.3 is 14.8 Å². The minimum absolute atomic E-state index is 0.143. The maximum absolute atomic E-state index is 13.6. The number of methoxy groups -OCH3 is 1.